The lowest BCUT2D eigenvalue weighted by molar-refractivity contribution is -0.115. The zero-order valence-corrected chi connectivity index (χ0v) is 17.6. The molecule has 0 atom stereocenters. The van der Waals surface area contributed by atoms with Crippen molar-refractivity contribution < 1.29 is 4.79 Å². The number of nitrogens with zero attached hydrogens (tertiary/aromatic N) is 4. The van der Waals surface area contributed by atoms with Crippen LogP contribution in [0.4, 0.5) is 10.8 Å². The highest BCUT2D eigenvalue weighted by Crippen LogP contribution is 2.31. The number of anilines is 2. The molecule has 0 fully saturated rings. The Labute approximate surface area is 178 Å². The summed E-state index contributed by atoms with van der Waals surface area (Å²) >= 11 is 3.13. The Morgan fingerprint density at radius 1 is 1.10 bits per heavy atom. The molecule has 0 spiro atoms. The number of benzene rings is 2. The van der Waals surface area contributed by atoms with Crippen molar-refractivity contribution in [3.8, 4) is 0 Å². The minimum absolute atomic E-state index is 0.0526. The fraction of sp³-hybridized carbons (Fsp3) is 0.136. The van der Waals surface area contributed by atoms with Gasteiger partial charge >= 0.3 is 0 Å². The summed E-state index contributed by atoms with van der Waals surface area (Å²) in [5.74, 6) is 0.645. The number of thioether (sulfide) groups is 1. The lowest BCUT2D eigenvalue weighted by atomic mass is 10.2. The Bertz CT molecular complexity index is 1080. The largest absolute Gasteiger partial charge is 0.322 e. The van der Waals surface area contributed by atoms with Gasteiger partial charge in [0.2, 0.25) is 5.91 Å². The summed E-state index contributed by atoms with van der Waals surface area (Å²) in [4.78, 5) is 23.0. The van der Waals surface area contributed by atoms with Crippen molar-refractivity contribution in [3.05, 3.63) is 89.7 Å². The Morgan fingerprint density at radius 3 is 2.55 bits per heavy atom. The molecule has 4 aromatic rings. The Balaban J connectivity index is 1.45. The van der Waals surface area contributed by atoms with Crippen molar-refractivity contribution in [3.63, 3.8) is 0 Å². The van der Waals surface area contributed by atoms with Gasteiger partial charge in [0, 0.05) is 37.0 Å². The van der Waals surface area contributed by atoms with Gasteiger partial charge in [-0.3, -0.25) is 9.69 Å². The van der Waals surface area contributed by atoms with Gasteiger partial charge in [0.05, 0.1) is 11.4 Å². The van der Waals surface area contributed by atoms with E-state index in [1.54, 1.807) is 23.6 Å². The minimum Gasteiger partial charge on any atom is -0.322 e. The fourth-order valence-electron chi connectivity index (χ4n) is 2.94. The summed E-state index contributed by atoms with van der Waals surface area (Å²) < 4.78 is 2.14. The van der Waals surface area contributed by atoms with Crippen LogP contribution < -0.4 is 4.90 Å². The van der Waals surface area contributed by atoms with Gasteiger partial charge in [0.1, 0.15) is 0 Å². The Morgan fingerprint density at radius 2 is 1.83 bits per heavy atom. The molecule has 2 aromatic carbocycles. The van der Waals surface area contributed by atoms with Crippen LogP contribution in [0.5, 0.6) is 0 Å². The first kappa shape index (κ1) is 19.4. The number of amides is 1. The molecule has 0 N–H and O–H groups in total. The Kier molecular flexibility index (Phi) is 6.07. The lowest BCUT2D eigenvalue weighted by Gasteiger charge is -2.17. The van der Waals surface area contributed by atoms with E-state index in [0.29, 0.717) is 10.9 Å². The van der Waals surface area contributed by atoms with E-state index in [-0.39, 0.29) is 5.91 Å². The third kappa shape index (κ3) is 4.75. The predicted molar refractivity (Wildman–Crippen MR) is 119 cm³/mol. The molecule has 2 heterocycles. The molecule has 0 aliphatic rings. The molecule has 146 valence electrons. The number of aromatic nitrogens is 3. The molecule has 0 radical (unpaired) electrons. The molecular formula is C22H20N4OS2. The van der Waals surface area contributed by atoms with Crippen molar-refractivity contribution in [2.45, 2.75) is 24.4 Å². The van der Waals surface area contributed by atoms with Gasteiger partial charge in [-0.15, -0.1) is 11.3 Å². The number of thiazole rings is 1. The first-order chi connectivity index (χ1) is 14.2. The average molecular weight is 421 g/mol. The van der Waals surface area contributed by atoms with Gasteiger partial charge in [-0.2, -0.15) is 0 Å². The van der Waals surface area contributed by atoms with Crippen molar-refractivity contribution in [2.75, 3.05) is 4.90 Å². The number of rotatable bonds is 7. The second kappa shape index (κ2) is 9.07. The van der Waals surface area contributed by atoms with Gasteiger partial charge in [0.15, 0.2) is 10.3 Å². The second-order valence-electron chi connectivity index (χ2n) is 6.42. The smallest absolute Gasteiger partial charge is 0.230 e. The number of para-hydroxylation sites is 1. The van der Waals surface area contributed by atoms with Crippen molar-refractivity contribution in [1.82, 2.24) is 14.5 Å². The first-order valence-electron chi connectivity index (χ1n) is 9.19. The maximum atomic E-state index is 12.2. The zero-order chi connectivity index (χ0) is 20.1. The van der Waals surface area contributed by atoms with E-state index in [0.717, 1.165) is 23.1 Å². The van der Waals surface area contributed by atoms with Gasteiger partial charge < -0.3 is 4.57 Å². The minimum atomic E-state index is -0.0526. The molecule has 0 aliphatic carbocycles. The highest BCUT2D eigenvalue weighted by atomic mass is 32.2. The second-order valence-corrected chi connectivity index (χ2v) is 8.20. The fourth-order valence-corrected chi connectivity index (χ4v) is 4.79. The molecule has 29 heavy (non-hydrogen) atoms. The van der Waals surface area contributed by atoms with Crippen LogP contribution in [-0.4, -0.2) is 20.4 Å². The summed E-state index contributed by atoms with van der Waals surface area (Å²) in [5.41, 5.74) is 3.00. The number of hydrogen-bond acceptors (Lipinski definition) is 5. The summed E-state index contributed by atoms with van der Waals surface area (Å²) in [6, 6.07) is 19.9. The predicted octanol–water partition coefficient (Wildman–Crippen LogP) is 5.36. The maximum Gasteiger partial charge on any atom is 0.230 e. The third-order valence-corrected chi connectivity index (χ3v) is 6.20. The molecule has 7 heteroatoms. The summed E-state index contributed by atoms with van der Waals surface area (Å²) in [6.07, 6.45) is 3.82. The topological polar surface area (TPSA) is 51.0 Å². The van der Waals surface area contributed by atoms with E-state index in [1.807, 2.05) is 66.3 Å². The monoisotopic (exact) mass is 420 g/mol. The molecule has 0 bridgehead atoms. The third-order valence-electron chi connectivity index (χ3n) is 4.28. The molecule has 5 nitrogen and oxygen atoms in total. The highest BCUT2D eigenvalue weighted by Gasteiger charge is 2.18. The summed E-state index contributed by atoms with van der Waals surface area (Å²) in [5, 5.41) is 3.65. The first-order valence-corrected chi connectivity index (χ1v) is 11.1. The normalized spacial score (nSPS) is 10.8. The molecule has 4 rings (SSSR count). The van der Waals surface area contributed by atoms with E-state index in [4.69, 9.17) is 0 Å². The number of imidazole rings is 1. The van der Waals surface area contributed by atoms with Crippen LogP contribution in [0.1, 0.15) is 18.2 Å². The van der Waals surface area contributed by atoms with Crippen molar-refractivity contribution >= 4 is 39.8 Å². The van der Waals surface area contributed by atoms with Crippen LogP contribution in [0.15, 0.2) is 83.6 Å². The zero-order valence-electron chi connectivity index (χ0n) is 15.9. The van der Waals surface area contributed by atoms with Crippen LogP contribution in [-0.2, 0) is 17.1 Å². The maximum absolute atomic E-state index is 12.2. The number of carbonyl (C=O) groups excluding carboxylic acids is 1. The molecule has 0 aliphatic heterocycles. The van der Waals surface area contributed by atoms with E-state index < -0.39 is 0 Å². The van der Waals surface area contributed by atoms with Crippen LogP contribution in [0.3, 0.4) is 0 Å². The van der Waals surface area contributed by atoms with Crippen molar-refractivity contribution in [1.29, 1.82) is 0 Å². The summed E-state index contributed by atoms with van der Waals surface area (Å²) in [6.45, 7) is 2.35. The lowest BCUT2D eigenvalue weighted by Crippen LogP contribution is -2.22. The van der Waals surface area contributed by atoms with Crippen LogP contribution >= 0.6 is 23.1 Å². The van der Waals surface area contributed by atoms with Crippen molar-refractivity contribution in [2.24, 2.45) is 0 Å². The van der Waals surface area contributed by atoms with E-state index in [9.17, 15) is 4.79 Å². The molecule has 0 saturated carbocycles. The SMILES string of the molecule is CC(=O)N(c1ccccc1)c1nc(CSc2nccn2Cc2ccccc2)cs1. The van der Waals surface area contributed by atoms with Gasteiger partial charge in [0.25, 0.3) is 0 Å². The van der Waals surface area contributed by atoms with Crippen LogP contribution in [0.2, 0.25) is 0 Å². The molecule has 1 amide bonds. The average Bonchev–Trinajstić information content (AvgIpc) is 3.37. The van der Waals surface area contributed by atoms with Gasteiger partial charge in [-0.1, -0.05) is 60.3 Å². The highest BCUT2D eigenvalue weighted by molar-refractivity contribution is 7.98. The number of hydrogen-bond donors (Lipinski definition) is 0. The van der Waals surface area contributed by atoms with Gasteiger partial charge in [-0.05, 0) is 17.7 Å². The van der Waals surface area contributed by atoms with Crippen LogP contribution in [0, 0.1) is 0 Å². The van der Waals surface area contributed by atoms with E-state index in [1.165, 1.54) is 16.9 Å². The molecule has 0 unspecified atom stereocenters. The molecule has 2 aromatic heterocycles. The molecular weight excluding hydrogens is 400 g/mol. The quantitative estimate of drug-likeness (QED) is 0.378. The van der Waals surface area contributed by atoms with E-state index in [2.05, 4.69) is 26.7 Å². The number of carbonyl (C=O) groups is 1. The van der Waals surface area contributed by atoms with E-state index >= 15 is 0 Å². The van der Waals surface area contributed by atoms with Gasteiger partial charge in [-0.25, -0.2) is 9.97 Å². The summed E-state index contributed by atoms with van der Waals surface area (Å²) in [7, 11) is 0. The Hall–Kier alpha value is -2.90. The molecule has 0 saturated heterocycles. The van der Waals surface area contributed by atoms with Crippen LogP contribution in [0.25, 0.3) is 0 Å². The standard InChI is InChI=1S/C22H20N4OS2/c1-17(27)26(20-10-6-3-7-11-20)22-24-19(16-29-22)15-28-21-23-12-13-25(21)14-18-8-4-2-5-9-18/h2-13,16H,14-15H2,1H3.